The molecule has 0 unspecified atom stereocenters. The number of nitrogens with one attached hydrogen (secondary N) is 2. The van der Waals surface area contributed by atoms with Gasteiger partial charge >= 0.3 is 0 Å². The summed E-state index contributed by atoms with van der Waals surface area (Å²) in [6.45, 7) is 6.08. The second-order valence-corrected chi connectivity index (χ2v) is 7.78. The monoisotopic (exact) mass is 375 g/mol. The standard InChI is InChI=1S/C21H21N5O2/c1-21(2,3)17-10-18(26-28-17)24-19(27)8-13-4-6-14(7-5-13)15-9-16-12-23-25-20(16)22-11-15/h4-7,9-12H,8H2,1-3H3,(H,22,23,25)(H,24,26,27). The van der Waals surface area contributed by atoms with Gasteiger partial charge in [-0.1, -0.05) is 50.2 Å². The molecular weight excluding hydrogens is 354 g/mol. The zero-order valence-corrected chi connectivity index (χ0v) is 16.0. The van der Waals surface area contributed by atoms with Gasteiger partial charge in [-0.2, -0.15) is 5.10 Å². The third-order valence-corrected chi connectivity index (χ3v) is 4.46. The highest BCUT2D eigenvalue weighted by Gasteiger charge is 2.20. The van der Waals surface area contributed by atoms with Gasteiger partial charge in [0.05, 0.1) is 12.6 Å². The molecule has 0 saturated heterocycles. The number of nitrogens with zero attached hydrogens (tertiary/aromatic N) is 3. The lowest BCUT2D eigenvalue weighted by Crippen LogP contribution is -2.14. The molecule has 7 nitrogen and oxygen atoms in total. The largest absolute Gasteiger partial charge is 0.359 e. The predicted molar refractivity (Wildman–Crippen MR) is 107 cm³/mol. The van der Waals surface area contributed by atoms with Crippen LogP contribution >= 0.6 is 0 Å². The summed E-state index contributed by atoms with van der Waals surface area (Å²) >= 11 is 0. The van der Waals surface area contributed by atoms with Crippen molar-refractivity contribution in [2.75, 3.05) is 5.32 Å². The van der Waals surface area contributed by atoms with E-state index in [0.29, 0.717) is 5.82 Å². The van der Waals surface area contributed by atoms with Crippen LogP contribution in [0.5, 0.6) is 0 Å². The van der Waals surface area contributed by atoms with Crippen LogP contribution in [0.4, 0.5) is 5.82 Å². The number of H-pyrrole nitrogens is 1. The number of hydrogen-bond donors (Lipinski definition) is 2. The number of carbonyl (C=O) groups is 1. The Balaban J connectivity index is 1.42. The van der Waals surface area contributed by atoms with Gasteiger partial charge in [0.1, 0.15) is 5.76 Å². The highest BCUT2D eigenvalue weighted by atomic mass is 16.5. The molecule has 3 aromatic heterocycles. The quantitative estimate of drug-likeness (QED) is 0.560. The normalized spacial score (nSPS) is 11.7. The van der Waals surface area contributed by atoms with Crippen LogP contribution in [0.3, 0.4) is 0 Å². The summed E-state index contributed by atoms with van der Waals surface area (Å²) in [6, 6.07) is 11.7. The van der Waals surface area contributed by atoms with Gasteiger partial charge in [-0.25, -0.2) is 4.98 Å². The fourth-order valence-corrected chi connectivity index (χ4v) is 2.87. The number of aromatic nitrogens is 4. The lowest BCUT2D eigenvalue weighted by Gasteiger charge is -2.12. The smallest absolute Gasteiger partial charge is 0.230 e. The van der Waals surface area contributed by atoms with Crippen molar-refractivity contribution in [2.45, 2.75) is 32.6 Å². The number of carbonyl (C=O) groups excluding carboxylic acids is 1. The number of amides is 1. The summed E-state index contributed by atoms with van der Waals surface area (Å²) in [5.74, 6) is 1.03. The molecule has 0 aliphatic carbocycles. The van der Waals surface area contributed by atoms with Crippen molar-refractivity contribution in [2.24, 2.45) is 0 Å². The molecule has 28 heavy (non-hydrogen) atoms. The van der Waals surface area contributed by atoms with Crippen LogP contribution in [-0.2, 0) is 16.6 Å². The molecule has 0 aliphatic heterocycles. The lowest BCUT2D eigenvalue weighted by atomic mass is 9.93. The Morgan fingerprint density at radius 3 is 2.61 bits per heavy atom. The molecular formula is C21H21N5O2. The summed E-state index contributed by atoms with van der Waals surface area (Å²) in [7, 11) is 0. The average molecular weight is 375 g/mol. The topological polar surface area (TPSA) is 96.7 Å². The van der Waals surface area contributed by atoms with Crippen LogP contribution in [-0.4, -0.2) is 26.2 Å². The maximum Gasteiger partial charge on any atom is 0.230 e. The number of fused-ring (bicyclic) bond motifs is 1. The van der Waals surface area contributed by atoms with E-state index >= 15 is 0 Å². The predicted octanol–water partition coefficient (Wildman–Crippen LogP) is 4.09. The maximum atomic E-state index is 12.3. The molecule has 7 heteroatoms. The molecule has 0 spiro atoms. The van der Waals surface area contributed by atoms with Crippen LogP contribution in [0.2, 0.25) is 0 Å². The Bertz CT molecular complexity index is 1120. The van der Waals surface area contributed by atoms with Gasteiger partial charge in [0.15, 0.2) is 11.5 Å². The molecule has 0 bridgehead atoms. The van der Waals surface area contributed by atoms with E-state index in [1.54, 1.807) is 18.5 Å². The molecule has 4 rings (SSSR count). The summed E-state index contributed by atoms with van der Waals surface area (Å²) in [5, 5.41) is 14.5. The number of anilines is 1. The maximum absolute atomic E-state index is 12.3. The number of aromatic amines is 1. The minimum absolute atomic E-state index is 0.136. The summed E-state index contributed by atoms with van der Waals surface area (Å²) < 4.78 is 5.29. The van der Waals surface area contributed by atoms with Gasteiger partial charge in [0.25, 0.3) is 0 Å². The van der Waals surface area contributed by atoms with Crippen molar-refractivity contribution in [1.29, 1.82) is 0 Å². The average Bonchev–Trinajstić information content (AvgIpc) is 3.30. The van der Waals surface area contributed by atoms with Crippen molar-refractivity contribution < 1.29 is 9.32 Å². The van der Waals surface area contributed by atoms with Crippen molar-refractivity contribution in [3.8, 4) is 11.1 Å². The molecule has 3 heterocycles. The molecule has 4 aromatic rings. The SMILES string of the molecule is CC(C)(C)c1cc(NC(=O)Cc2ccc(-c3cnc4[nH]ncc4c3)cc2)no1. The molecule has 0 atom stereocenters. The second-order valence-electron chi connectivity index (χ2n) is 7.78. The van der Waals surface area contributed by atoms with E-state index in [2.05, 4.69) is 25.7 Å². The van der Waals surface area contributed by atoms with E-state index in [1.165, 1.54) is 0 Å². The van der Waals surface area contributed by atoms with E-state index < -0.39 is 0 Å². The minimum Gasteiger partial charge on any atom is -0.359 e. The molecule has 0 radical (unpaired) electrons. The third-order valence-electron chi connectivity index (χ3n) is 4.46. The Hall–Kier alpha value is -3.48. The first-order valence-electron chi connectivity index (χ1n) is 9.04. The van der Waals surface area contributed by atoms with Crippen LogP contribution in [0, 0.1) is 0 Å². The van der Waals surface area contributed by atoms with Crippen molar-refractivity contribution in [1.82, 2.24) is 20.3 Å². The summed E-state index contributed by atoms with van der Waals surface area (Å²) in [5.41, 5.74) is 3.56. The number of pyridine rings is 1. The first-order valence-corrected chi connectivity index (χ1v) is 9.04. The van der Waals surface area contributed by atoms with Gasteiger partial charge in [0, 0.05) is 28.6 Å². The fraction of sp³-hybridized carbons (Fsp3) is 0.238. The first-order chi connectivity index (χ1) is 13.4. The van der Waals surface area contributed by atoms with Crippen molar-refractivity contribution in [3.05, 3.63) is 60.1 Å². The highest BCUT2D eigenvalue weighted by molar-refractivity contribution is 5.91. The van der Waals surface area contributed by atoms with Crippen LogP contribution in [0.15, 0.2) is 53.3 Å². The number of benzene rings is 1. The molecule has 0 fully saturated rings. The number of rotatable bonds is 4. The molecule has 0 saturated carbocycles. The Labute approximate surface area is 162 Å². The Kier molecular flexibility index (Phi) is 4.43. The van der Waals surface area contributed by atoms with Gasteiger partial charge < -0.3 is 9.84 Å². The van der Waals surface area contributed by atoms with Gasteiger partial charge in [-0.3, -0.25) is 9.89 Å². The zero-order valence-electron chi connectivity index (χ0n) is 16.0. The number of hydrogen-bond acceptors (Lipinski definition) is 5. The summed E-state index contributed by atoms with van der Waals surface area (Å²) in [4.78, 5) is 16.7. The van der Waals surface area contributed by atoms with E-state index in [4.69, 9.17) is 4.52 Å². The fourth-order valence-electron chi connectivity index (χ4n) is 2.87. The van der Waals surface area contributed by atoms with E-state index in [-0.39, 0.29) is 17.7 Å². The first kappa shape index (κ1) is 17.9. The Morgan fingerprint density at radius 1 is 1.11 bits per heavy atom. The molecule has 2 N–H and O–H groups in total. The minimum atomic E-state index is -0.153. The van der Waals surface area contributed by atoms with Crippen LogP contribution in [0.25, 0.3) is 22.2 Å². The molecule has 142 valence electrons. The molecule has 1 amide bonds. The van der Waals surface area contributed by atoms with Crippen molar-refractivity contribution in [3.63, 3.8) is 0 Å². The van der Waals surface area contributed by atoms with Gasteiger partial charge in [0.2, 0.25) is 5.91 Å². The molecule has 1 aromatic carbocycles. The zero-order chi connectivity index (χ0) is 19.7. The van der Waals surface area contributed by atoms with Crippen LogP contribution < -0.4 is 5.32 Å². The molecule has 0 aliphatic rings. The third kappa shape index (κ3) is 3.78. The Morgan fingerprint density at radius 2 is 1.89 bits per heavy atom. The lowest BCUT2D eigenvalue weighted by molar-refractivity contribution is -0.115. The van der Waals surface area contributed by atoms with Gasteiger partial charge in [-0.15, -0.1) is 0 Å². The van der Waals surface area contributed by atoms with Gasteiger partial charge in [-0.05, 0) is 17.2 Å². The van der Waals surface area contributed by atoms with Crippen molar-refractivity contribution >= 4 is 22.8 Å². The van der Waals surface area contributed by atoms with E-state index in [0.717, 1.165) is 33.5 Å². The van der Waals surface area contributed by atoms with E-state index in [1.807, 2.05) is 51.1 Å². The van der Waals surface area contributed by atoms with E-state index in [9.17, 15) is 4.79 Å². The second kappa shape index (κ2) is 6.92. The van der Waals surface area contributed by atoms with Crippen LogP contribution in [0.1, 0.15) is 32.1 Å². The highest BCUT2D eigenvalue weighted by Crippen LogP contribution is 2.25. The summed E-state index contributed by atoms with van der Waals surface area (Å²) in [6.07, 6.45) is 3.82.